The summed E-state index contributed by atoms with van der Waals surface area (Å²) in [4.78, 5) is 43.3. The van der Waals surface area contributed by atoms with Gasteiger partial charge in [0.05, 0.1) is 28.9 Å². The van der Waals surface area contributed by atoms with Gasteiger partial charge in [0.1, 0.15) is 11.2 Å². The lowest BCUT2D eigenvalue weighted by atomic mass is 10.1. The van der Waals surface area contributed by atoms with Crippen LogP contribution in [0.1, 0.15) is 22.4 Å². The van der Waals surface area contributed by atoms with E-state index in [1.807, 2.05) is 32.0 Å². The average molecular weight is 499 g/mol. The molecule has 3 aromatic heterocycles. The van der Waals surface area contributed by atoms with Crippen LogP contribution in [0.2, 0.25) is 0 Å². The van der Waals surface area contributed by atoms with Gasteiger partial charge in [0, 0.05) is 18.2 Å². The number of H-pyrrole nitrogens is 1. The molecule has 0 radical (unpaired) electrons. The van der Waals surface area contributed by atoms with Crippen LogP contribution in [0, 0.1) is 30.9 Å². The van der Waals surface area contributed by atoms with E-state index >= 15 is 0 Å². The molecule has 2 N–H and O–H groups in total. The number of nitrogens with one attached hydrogen (secondary N) is 2. The van der Waals surface area contributed by atoms with Crippen LogP contribution in [0.15, 0.2) is 59.5 Å². The fourth-order valence-electron chi connectivity index (χ4n) is 3.91. The van der Waals surface area contributed by atoms with Gasteiger partial charge in [0.15, 0.2) is 5.65 Å². The Morgan fingerprint density at radius 1 is 1.05 bits per heavy atom. The third-order valence-corrected chi connectivity index (χ3v) is 5.97. The molecular formula is C25H22N8O4. The Labute approximate surface area is 209 Å². The number of nitro groups is 1. The Balaban J connectivity index is 1.48. The Hall–Kier alpha value is -5.13. The number of aromatic nitrogens is 6. The summed E-state index contributed by atoms with van der Waals surface area (Å²) >= 11 is 0. The van der Waals surface area contributed by atoms with E-state index in [1.165, 1.54) is 35.1 Å². The highest BCUT2D eigenvalue weighted by molar-refractivity contribution is 5.91. The van der Waals surface area contributed by atoms with Crippen LogP contribution < -0.4 is 10.9 Å². The third kappa shape index (κ3) is 4.59. The van der Waals surface area contributed by atoms with Crippen LogP contribution in [0.4, 0.5) is 11.5 Å². The second-order valence-electron chi connectivity index (χ2n) is 8.68. The number of hydrogen-bond acceptors (Lipinski definition) is 7. The zero-order valence-electron chi connectivity index (χ0n) is 20.2. The molecular weight excluding hydrogens is 476 g/mol. The first-order valence-corrected chi connectivity index (χ1v) is 11.4. The molecule has 0 saturated heterocycles. The van der Waals surface area contributed by atoms with Crippen molar-refractivity contribution in [1.82, 2.24) is 29.5 Å². The molecule has 186 valence electrons. The number of carbonyl (C=O) groups is 1. The van der Waals surface area contributed by atoms with E-state index in [0.29, 0.717) is 28.1 Å². The monoisotopic (exact) mass is 498 g/mol. The Morgan fingerprint density at radius 2 is 1.81 bits per heavy atom. The van der Waals surface area contributed by atoms with Gasteiger partial charge in [-0.25, -0.2) is 4.68 Å². The van der Waals surface area contributed by atoms with E-state index in [4.69, 9.17) is 0 Å². The van der Waals surface area contributed by atoms with Gasteiger partial charge in [-0.15, -0.1) is 0 Å². The second kappa shape index (κ2) is 9.15. The summed E-state index contributed by atoms with van der Waals surface area (Å²) in [5.74, 6) is 0.0598. The maximum atomic E-state index is 12.9. The van der Waals surface area contributed by atoms with Crippen LogP contribution in [0.5, 0.6) is 0 Å². The summed E-state index contributed by atoms with van der Waals surface area (Å²) < 4.78 is 2.94. The summed E-state index contributed by atoms with van der Waals surface area (Å²) in [6.45, 7) is 5.76. The van der Waals surface area contributed by atoms with E-state index in [-0.39, 0.29) is 24.0 Å². The number of nitro benzene ring substituents is 1. The second-order valence-corrected chi connectivity index (χ2v) is 8.68. The first kappa shape index (κ1) is 23.6. The van der Waals surface area contributed by atoms with Crippen molar-refractivity contribution in [3.63, 3.8) is 0 Å². The fourth-order valence-corrected chi connectivity index (χ4v) is 3.91. The van der Waals surface area contributed by atoms with Crippen molar-refractivity contribution < 1.29 is 9.72 Å². The Bertz CT molecular complexity index is 1730. The van der Waals surface area contributed by atoms with Crippen molar-refractivity contribution in [3.05, 3.63) is 97.6 Å². The van der Waals surface area contributed by atoms with Gasteiger partial charge < -0.3 is 5.32 Å². The zero-order chi connectivity index (χ0) is 26.3. The third-order valence-electron chi connectivity index (χ3n) is 5.97. The molecule has 0 fully saturated rings. The minimum atomic E-state index is -0.498. The van der Waals surface area contributed by atoms with Crippen LogP contribution in [0.3, 0.4) is 0 Å². The normalized spacial score (nSPS) is 11.1. The Kier molecular flexibility index (Phi) is 5.84. The molecule has 0 spiro atoms. The van der Waals surface area contributed by atoms with Crippen molar-refractivity contribution in [2.75, 3.05) is 5.32 Å². The molecule has 5 rings (SSSR count). The number of amides is 1. The number of anilines is 1. The number of fused-ring (bicyclic) bond motifs is 1. The van der Waals surface area contributed by atoms with Crippen molar-refractivity contribution in [3.8, 4) is 11.6 Å². The molecule has 1 amide bonds. The topological polar surface area (TPSA) is 154 Å². The van der Waals surface area contributed by atoms with Crippen molar-refractivity contribution in [2.45, 2.75) is 27.2 Å². The van der Waals surface area contributed by atoms with E-state index in [9.17, 15) is 19.7 Å². The number of rotatable bonds is 6. The summed E-state index contributed by atoms with van der Waals surface area (Å²) in [6.07, 6.45) is 1.45. The molecule has 0 unspecified atom stereocenters. The smallest absolute Gasteiger partial charge is 0.269 e. The van der Waals surface area contributed by atoms with Gasteiger partial charge >= 0.3 is 0 Å². The standard InChI is InChI=1S/C25H22N8O4/c1-14-4-7-19(10-15(14)2)31-23-20(13-26-31)24(35)29-25(28-23)32-21(11-16(3)30-32)27-22(34)12-17-5-8-18(9-6-17)33(36)37/h4-11,13H,12H2,1-3H3,(H,27,34)(H,28,29,35). The number of non-ortho nitro benzene ring substituents is 1. The lowest BCUT2D eigenvalue weighted by molar-refractivity contribution is -0.384. The van der Waals surface area contributed by atoms with Gasteiger partial charge in [-0.2, -0.15) is 19.9 Å². The minimum Gasteiger partial charge on any atom is -0.310 e. The van der Waals surface area contributed by atoms with Crippen molar-refractivity contribution in [2.24, 2.45) is 0 Å². The number of hydrogen-bond donors (Lipinski definition) is 2. The highest BCUT2D eigenvalue weighted by atomic mass is 16.6. The number of nitrogens with zero attached hydrogens (tertiary/aromatic N) is 6. The number of aromatic amines is 1. The summed E-state index contributed by atoms with van der Waals surface area (Å²) in [7, 11) is 0. The Morgan fingerprint density at radius 3 is 2.51 bits per heavy atom. The van der Waals surface area contributed by atoms with Gasteiger partial charge in [0.2, 0.25) is 11.9 Å². The van der Waals surface area contributed by atoms with Crippen LogP contribution in [0.25, 0.3) is 22.7 Å². The quantitative estimate of drug-likeness (QED) is 0.269. The van der Waals surface area contributed by atoms with Crippen molar-refractivity contribution in [1.29, 1.82) is 0 Å². The molecule has 0 aliphatic rings. The van der Waals surface area contributed by atoms with Crippen molar-refractivity contribution >= 4 is 28.4 Å². The van der Waals surface area contributed by atoms with E-state index in [0.717, 1.165) is 16.8 Å². The molecule has 0 atom stereocenters. The summed E-state index contributed by atoms with van der Waals surface area (Å²) in [5.41, 5.74) is 4.07. The first-order chi connectivity index (χ1) is 17.7. The number of aryl methyl sites for hydroxylation is 3. The molecule has 12 nitrogen and oxygen atoms in total. The predicted octanol–water partition coefficient (Wildman–Crippen LogP) is 3.31. The lowest BCUT2D eigenvalue weighted by Crippen LogP contribution is -2.20. The molecule has 3 heterocycles. The van der Waals surface area contributed by atoms with Gasteiger partial charge in [-0.3, -0.25) is 24.7 Å². The number of carbonyl (C=O) groups excluding carboxylic acids is 1. The van der Waals surface area contributed by atoms with Crippen LogP contribution in [-0.4, -0.2) is 40.4 Å². The maximum absolute atomic E-state index is 12.9. The number of benzene rings is 2. The average Bonchev–Trinajstić information content (AvgIpc) is 3.44. The molecule has 0 aliphatic carbocycles. The molecule has 0 aliphatic heterocycles. The molecule has 2 aromatic carbocycles. The van der Waals surface area contributed by atoms with Gasteiger partial charge in [-0.05, 0) is 49.6 Å². The highest BCUT2D eigenvalue weighted by Gasteiger charge is 2.17. The predicted molar refractivity (Wildman–Crippen MR) is 136 cm³/mol. The molecule has 37 heavy (non-hydrogen) atoms. The zero-order valence-corrected chi connectivity index (χ0v) is 20.2. The molecule has 0 bridgehead atoms. The summed E-state index contributed by atoms with van der Waals surface area (Å²) in [6, 6.07) is 13.2. The summed E-state index contributed by atoms with van der Waals surface area (Å²) in [5, 5.41) is 22.7. The maximum Gasteiger partial charge on any atom is 0.269 e. The first-order valence-electron chi connectivity index (χ1n) is 11.4. The van der Waals surface area contributed by atoms with E-state index < -0.39 is 10.5 Å². The highest BCUT2D eigenvalue weighted by Crippen LogP contribution is 2.20. The molecule has 0 saturated carbocycles. The fraction of sp³-hybridized carbons (Fsp3) is 0.160. The minimum absolute atomic E-state index is 0.00918. The van der Waals surface area contributed by atoms with Gasteiger partial charge in [-0.1, -0.05) is 18.2 Å². The molecule has 5 aromatic rings. The van der Waals surface area contributed by atoms with E-state index in [1.54, 1.807) is 17.7 Å². The van der Waals surface area contributed by atoms with Crippen LogP contribution in [-0.2, 0) is 11.2 Å². The van der Waals surface area contributed by atoms with Gasteiger partial charge in [0.25, 0.3) is 11.2 Å². The van der Waals surface area contributed by atoms with E-state index in [2.05, 4.69) is 25.5 Å². The van der Waals surface area contributed by atoms with Crippen LogP contribution >= 0.6 is 0 Å². The molecule has 12 heteroatoms. The largest absolute Gasteiger partial charge is 0.310 e. The lowest BCUT2D eigenvalue weighted by Gasteiger charge is -2.09. The SMILES string of the molecule is Cc1cc(NC(=O)Cc2ccc([N+](=O)[O-])cc2)n(-c2nc3c(cnn3-c3ccc(C)c(C)c3)c(=O)[nH]2)n1.